The van der Waals surface area contributed by atoms with E-state index in [4.69, 9.17) is 5.11 Å². The fraction of sp³-hybridized carbons (Fsp3) is 0.500. The summed E-state index contributed by atoms with van der Waals surface area (Å²) >= 11 is 0. The fourth-order valence-corrected chi connectivity index (χ4v) is 0.467. The topological polar surface area (TPSA) is 115 Å². The predicted octanol–water partition coefficient (Wildman–Crippen LogP) is -2.27. The molecule has 0 aromatic carbocycles. The zero-order valence-electron chi connectivity index (χ0n) is 6.70. The maximum Gasteiger partial charge on any atom is 0.322 e. The largest absolute Gasteiger partial charge is 0.480 e. The molecule has 7 heteroatoms. The number of hydrogen-bond acceptors (Lipinski definition) is 3. The van der Waals surface area contributed by atoms with Gasteiger partial charge < -0.3 is 15.7 Å². The van der Waals surface area contributed by atoms with Crippen LogP contribution >= 0.6 is 0 Å². The molecule has 0 unspecified atom stereocenters. The number of carbonyl (C=O) groups excluding carboxylic acids is 2. The van der Waals surface area contributed by atoms with Crippen LogP contribution in [0.2, 0.25) is 0 Å². The molecule has 0 aliphatic rings. The Kier molecular flexibility index (Phi) is 5.20. The van der Waals surface area contributed by atoms with E-state index in [-0.39, 0.29) is 6.54 Å². The number of carbonyl (C=O) groups is 3. The molecular weight excluding hydrogens is 180 g/mol. The van der Waals surface area contributed by atoms with E-state index in [0.29, 0.717) is 0 Å². The molecule has 0 heterocycles. The molecule has 0 fully saturated rings. The van der Waals surface area contributed by atoms with Crippen LogP contribution in [-0.4, -0.2) is 42.6 Å². The number of hydrogen-bond donors (Lipinski definition) is 3. The molecule has 0 rings (SSSR count). The van der Waals surface area contributed by atoms with Crippen molar-refractivity contribution in [1.82, 2.24) is 10.6 Å². The summed E-state index contributed by atoms with van der Waals surface area (Å²) < 4.78 is 0. The van der Waals surface area contributed by atoms with Gasteiger partial charge >= 0.3 is 5.97 Å². The SMILES string of the molecule is [O]CC(=O)NCC(=O)NCC(=O)O. The van der Waals surface area contributed by atoms with Crippen molar-refractivity contribution in [3.63, 3.8) is 0 Å². The quantitative estimate of drug-likeness (QED) is 0.452. The van der Waals surface area contributed by atoms with E-state index in [9.17, 15) is 19.5 Å². The van der Waals surface area contributed by atoms with Crippen molar-refractivity contribution in [2.75, 3.05) is 19.7 Å². The maximum atomic E-state index is 10.7. The Balaban J connectivity index is 3.52. The van der Waals surface area contributed by atoms with Gasteiger partial charge in [-0.2, -0.15) is 0 Å². The lowest BCUT2D eigenvalue weighted by molar-refractivity contribution is -0.137. The Morgan fingerprint density at radius 3 is 2.00 bits per heavy atom. The molecule has 0 aromatic rings. The van der Waals surface area contributed by atoms with Crippen LogP contribution in [0, 0.1) is 0 Å². The van der Waals surface area contributed by atoms with Crippen molar-refractivity contribution in [3.8, 4) is 0 Å². The van der Waals surface area contributed by atoms with Crippen LogP contribution in [0.3, 0.4) is 0 Å². The lowest BCUT2D eigenvalue weighted by Crippen LogP contribution is -2.39. The van der Waals surface area contributed by atoms with E-state index in [0.717, 1.165) is 0 Å². The molecule has 0 bridgehead atoms. The van der Waals surface area contributed by atoms with Crippen LogP contribution in [0.15, 0.2) is 0 Å². The predicted molar refractivity (Wildman–Crippen MR) is 39.2 cm³/mol. The summed E-state index contributed by atoms with van der Waals surface area (Å²) in [5, 5.41) is 22.0. The minimum Gasteiger partial charge on any atom is -0.480 e. The lowest BCUT2D eigenvalue weighted by Gasteiger charge is -2.02. The van der Waals surface area contributed by atoms with E-state index in [1.807, 2.05) is 10.6 Å². The second kappa shape index (κ2) is 5.95. The molecule has 3 N–H and O–H groups in total. The van der Waals surface area contributed by atoms with Crippen LogP contribution < -0.4 is 10.6 Å². The normalized spacial score (nSPS) is 9.00. The first-order valence-electron chi connectivity index (χ1n) is 3.39. The molecule has 1 radical (unpaired) electrons. The molecule has 0 aromatic heterocycles. The summed E-state index contributed by atoms with van der Waals surface area (Å²) in [5.41, 5.74) is 0. The first kappa shape index (κ1) is 11.4. The van der Waals surface area contributed by atoms with Gasteiger partial charge in [0, 0.05) is 0 Å². The summed E-state index contributed by atoms with van der Waals surface area (Å²) in [6, 6.07) is 0. The minimum absolute atomic E-state index is 0.381. The van der Waals surface area contributed by atoms with Crippen LogP contribution in [0.4, 0.5) is 0 Å². The summed E-state index contributed by atoms with van der Waals surface area (Å²) in [6.45, 7) is -1.84. The van der Waals surface area contributed by atoms with Crippen LogP contribution in [0.25, 0.3) is 0 Å². The van der Waals surface area contributed by atoms with Gasteiger partial charge in [-0.15, -0.1) is 0 Å². The van der Waals surface area contributed by atoms with Gasteiger partial charge in [0.15, 0.2) is 6.61 Å². The first-order chi connectivity index (χ1) is 6.06. The Hall–Kier alpha value is -1.63. The molecular formula is C6H9N2O5. The van der Waals surface area contributed by atoms with Crippen LogP contribution in [0.5, 0.6) is 0 Å². The van der Waals surface area contributed by atoms with Crippen molar-refractivity contribution in [2.24, 2.45) is 0 Å². The number of amides is 2. The zero-order valence-corrected chi connectivity index (χ0v) is 6.70. The van der Waals surface area contributed by atoms with Gasteiger partial charge in [0.1, 0.15) is 6.54 Å². The summed E-state index contributed by atoms with van der Waals surface area (Å²) in [4.78, 5) is 31.0. The summed E-state index contributed by atoms with van der Waals surface area (Å²) in [6.07, 6.45) is 0. The highest BCUT2D eigenvalue weighted by molar-refractivity contribution is 5.86. The average molecular weight is 189 g/mol. The highest BCUT2D eigenvalue weighted by Gasteiger charge is 2.05. The smallest absolute Gasteiger partial charge is 0.322 e. The van der Waals surface area contributed by atoms with Crippen LogP contribution in [0.1, 0.15) is 0 Å². The van der Waals surface area contributed by atoms with Gasteiger partial charge in [-0.05, 0) is 0 Å². The highest BCUT2D eigenvalue weighted by Crippen LogP contribution is 1.67. The van der Waals surface area contributed by atoms with E-state index in [1.165, 1.54) is 0 Å². The Bertz CT molecular complexity index is 215. The average Bonchev–Trinajstić information content (AvgIpc) is 2.10. The van der Waals surface area contributed by atoms with Crippen molar-refractivity contribution in [2.45, 2.75) is 0 Å². The first-order valence-corrected chi connectivity index (χ1v) is 3.39. The molecule has 0 aliphatic carbocycles. The van der Waals surface area contributed by atoms with E-state index >= 15 is 0 Å². The van der Waals surface area contributed by atoms with Crippen molar-refractivity contribution in [1.29, 1.82) is 0 Å². The Morgan fingerprint density at radius 2 is 1.54 bits per heavy atom. The molecule has 0 atom stereocenters. The van der Waals surface area contributed by atoms with Gasteiger partial charge in [0.2, 0.25) is 11.8 Å². The molecule has 2 amide bonds. The van der Waals surface area contributed by atoms with Crippen LogP contribution in [-0.2, 0) is 19.5 Å². The van der Waals surface area contributed by atoms with Crippen molar-refractivity contribution in [3.05, 3.63) is 0 Å². The highest BCUT2D eigenvalue weighted by atomic mass is 16.4. The van der Waals surface area contributed by atoms with Gasteiger partial charge in [-0.1, -0.05) is 0 Å². The van der Waals surface area contributed by atoms with Gasteiger partial charge in [-0.3, -0.25) is 14.4 Å². The third-order valence-electron chi connectivity index (χ3n) is 1.01. The molecule has 0 aliphatic heterocycles. The monoisotopic (exact) mass is 189 g/mol. The molecule has 0 saturated carbocycles. The van der Waals surface area contributed by atoms with Crippen molar-refractivity contribution < 1.29 is 24.6 Å². The third kappa shape index (κ3) is 6.76. The van der Waals surface area contributed by atoms with Crippen molar-refractivity contribution >= 4 is 17.8 Å². The number of aliphatic carboxylic acids is 1. The molecule has 0 saturated heterocycles. The van der Waals surface area contributed by atoms with E-state index < -0.39 is 30.9 Å². The minimum atomic E-state index is -1.18. The molecule has 0 spiro atoms. The van der Waals surface area contributed by atoms with E-state index in [2.05, 4.69) is 0 Å². The second-order valence-corrected chi connectivity index (χ2v) is 2.09. The van der Waals surface area contributed by atoms with E-state index in [1.54, 1.807) is 0 Å². The Labute approximate surface area is 73.7 Å². The van der Waals surface area contributed by atoms with Gasteiger partial charge in [0.25, 0.3) is 0 Å². The molecule has 13 heavy (non-hydrogen) atoms. The Morgan fingerprint density at radius 1 is 1.00 bits per heavy atom. The number of carboxylic acids is 1. The maximum absolute atomic E-state index is 10.7. The second-order valence-electron chi connectivity index (χ2n) is 2.09. The van der Waals surface area contributed by atoms with Gasteiger partial charge in [0.05, 0.1) is 6.54 Å². The lowest BCUT2D eigenvalue weighted by atomic mass is 10.5. The number of carboxylic acid groups (broad SMARTS) is 1. The number of nitrogens with one attached hydrogen (secondary N) is 2. The third-order valence-corrected chi connectivity index (χ3v) is 1.01. The molecule has 7 nitrogen and oxygen atoms in total. The standard InChI is InChI=1S/C6H9N2O5/c9-3-5(11)7-1-4(10)8-2-6(12)13/h1-3H2,(H,7,11)(H,8,10)(H,12,13). The zero-order chi connectivity index (χ0) is 10.3. The fourth-order valence-electron chi connectivity index (χ4n) is 0.467. The van der Waals surface area contributed by atoms with Gasteiger partial charge in [-0.25, -0.2) is 5.11 Å². The number of rotatable bonds is 5. The summed E-state index contributed by atoms with van der Waals surface area (Å²) in [7, 11) is 0. The summed E-state index contributed by atoms with van der Waals surface area (Å²) in [5.74, 6) is -2.63. The molecule has 73 valence electrons.